The molecule has 0 radical (unpaired) electrons. The van der Waals surface area contributed by atoms with Crippen molar-refractivity contribution >= 4 is 5.91 Å². The van der Waals surface area contributed by atoms with Gasteiger partial charge in [-0.15, -0.1) is 0 Å². The van der Waals surface area contributed by atoms with Crippen LogP contribution < -0.4 is 0 Å². The molecule has 0 aliphatic carbocycles. The zero-order valence-electron chi connectivity index (χ0n) is 10.6. The average molecular weight is 269 g/mol. The van der Waals surface area contributed by atoms with E-state index in [4.69, 9.17) is 5.11 Å². The number of halogens is 2. The third-order valence-corrected chi connectivity index (χ3v) is 3.51. The Hall–Kier alpha value is -1.49. The Morgan fingerprint density at radius 1 is 1.37 bits per heavy atom. The predicted molar refractivity (Wildman–Crippen MR) is 66.5 cm³/mol. The molecule has 1 unspecified atom stereocenters. The maximum Gasteiger partial charge on any atom is 0.222 e. The van der Waals surface area contributed by atoms with Crippen molar-refractivity contribution < 1.29 is 18.7 Å². The molecule has 19 heavy (non-hydrogen) atoms. The number of aryl methyl sites for hydroxylation is 1. The van der Waals surface area contributed by atoms with E-state index >= 15 is 0 Å². The average Bonchev–Trinajstić information content (AvgIpc) is 2.88. The second-order valence-electron chi connectivity index (χ2n) is 4.93. The van der Waals surface area contributed by atoms with Crippen molar-refractivity contribution in [1.29, 1.82) is 0 Å². The molecule has 1 aliphatic rings. The number of nitrogens with zero attached hydrogens (tertiary/aromatic N) is 1. The van der Waals surface area contributed by atoms with Crippen molar-refractivity contribution in [2.75, 3.05) is 19.7 Å². The zero-order chi connectivity index (χ0) is 13.8. The highest BCUT2D eigenvalue weighted by molar-refractivity contribution is 5.76. The standard InChI is InChI=1S/C14H17F2NO2/c15-12-3-1-10(7-13(12)16)2-4-14(19)17-6-5-11(8-17)9-18/h1,3,7,11,18H,2,4-6,8-9H2. The minimum atomic E-state index is -0.883. The van der Waals surface area contributed by atoms with Gasteiger partial charge in [0.15, 0.2) is 11.6 Å². The van der Waals surface area contributed by atoms with Crippen LogP contribution in [0.1, 0.15) is 18.4 Å². The Kier molecular flexibility index (Phi) is 4.47. The fraction of sp³-hybridized carbons (Fsp3) is 0.500. The van der Waals surface area contributed by atoms with Gasteiger partial charge in [0.2, 0.25) is 5.91 Å². The van der Waals surface area contributed by atoms with Gasteiger partial charge in [0.05, 0.1) is 0 Å². The fourth-order valence-electron chi connectivity index (χ4n) is 2.31. The van der Waals surface area contributed by atoms with E-state index in [9.17, 15) is 13.6 Å². The first-order valence-corrected chi connectivity index (χ1v) is 6.42. The van der Waals surface area contributed by atoms with E-state index in [2.05, 4.69) is 0 Å². The van der Waals surface area contributed by atoms with Crippen LogP contribution in [0.4, 0.5) is 8.78 Å². The first kappa shape index (κ1) is 13.9. The summed E-state index contributed by atoms with van der Waals surface area (Å²) in [7, 11) is 0. The summed E-state index contributed by atoms with van der Waals surface area (Å²) < 4.78 is 25.8. The molecule has 0 spiro atoms. The van der Waals surface area contributed by atoms with Crippen molar-refractivity contribution in [3.63, 3.8) is 0 Å². The molecule has 0 saturated carbocycles. The predicted octanol–water partition coefficient (Wildman–Crippen LogP) is 1.74. The van der Waals surface area contributed by atoms with Crippen LogP contribution in [0.25, 0.3) is 0 Å². The Morgan fingerprint density at radius 2 is 2.16 bits per heavy atom. The molecular weight excluding hydrogens is 252 g/mol. The van der Waals surface area contributed by atoms with E-state index in [1.165, 1.54) is 6.07 Å². The summed E-state index contributed by atoms with van der Waals surface area (Å²) in [6, 6.07) is 3.70. The number of hydrogen-bond donors (Lipinski definition) is 1. The molecule has 1 aromatic carbocycles. The van der Waals surface area contributed by atoms with E-state index in [1.54, 1.807) is 4.90 Å². The van der Waals surface area contributed by atoms with Crippen molar-refractivity contribution in [2.45, 2.75) is 19.3 Å². The van der Waals surface area contributed by atoms with Gasteiger partial charge in [0.25, 0.3) is 0 Å². The van der Waals surface area contributed by atoms with Gasteiger partial charge >= 0.3 is 0 Å². The number of carbonyl (C=O) groups excluding carboxylic acids is 1. The lowest BCUT2D eigenvalue weighted by molar-refractivity contribution is -0.130. The lowest BCUT2D eigenvalue weighted by Crippen LogP contribution is -2.29. The number of aliphatic hydroxyl groups is 1. The monoisotopic (exact) mass is 269 g/mol. The molecule has 1 N–H and O–H groups in total. The van der Waals surface area contributed by atoms with E-state index in [0.717, 1.165) is 18.6 Å². The SMILES string of the molecule is O=C(CCc1ccc(F)c(F)c1)N1CCC(CO)C1. The molecule has 5 heteroatoms. The number of carbonyl (C=O) groups is 1. The van der Waals surface area contributed by atoms with Gasteiger partial charge in [-0.05, 0) is 30.5 Å². The highest BCUT2D eigenvalue weighted by atomic mass is 19.2. The van der Waals surface area contributed by atoms with Crippen molar-refractivity contribution in [2.24, 2.45) is 5.92 Å². The summed E-state index contributed by atoms with van der Waals surface area (Å²) in [5.74, 6) is -1.58. The Labute approximate surface area is 110 Å². The third-order valence-electron chi connectivity index (χ3n) is 3.51. The van der Waals surface area contributed by atoms with Crippen LogP contribution in [-0.2, 0) is 11.2 Å². The summed E-state index contributed by atoms with van der Waals surface area (Å²) in [4.78, 5) is 13.6. The number of amides is 1. The lowest BCUT2D eigenvalue weighted by Gasteiger charge is -2.16. The van der Waals surface area contributed by atoms with E-state index in [-0.39, 0.29) is 24.9 Å². The first-order chi connectivity index (χ1) is 9.10. The van der Waals surface area contributed by atoms with Gasteiger partial charge in [0.1, 0.15) is 0 Å². The summed E-state index contributed by atoms with van der Waals surface area (Å²) in [5, 5.41) is 9.01. The fourth-order valence-corrected chi connectivity index (χ4v) is 2.31. The molecule has 1 saturated heterocycles. The second-order valence-corrected chi connectivity index (χ2v) is 4.93. The Morgan fingerprint density at radius 3 is 2.79 bits per heavy atom. The van der Waals surface area contributed by atoms with Crippen LogP contribution in [0.15, 0.2) is 18.2 Å². The number of hydrogen-bond acceptors (Lipinski definition) is 2. The molecule has 104 valence electrons. The maximum atomic E-state index is 13.0. The molecule has 1 fully saturated rings. The van der Waals surface area contributed by atoms with Gasteiger partial charge in [-0.25, -0.2) is 8.78 Å². The number of likely N-dealkylation sites (tertiary alicyclic amines) is 1. The summed E-state index contributed by atoms with van der Waals surface area (Å²) >= 11 is 0. The van der Waals surface area contributed by atoms with Gasteiger partial charge < -0.3 is 10.0 Å². The first-order valence-electron chi connectivity index (χ1n) is 6.42. The van der Waals surface area contributed by atoms with E-state index in [0.29, 0.717) is 25.1 Å². The molecular formula is C14H17F2NO2. The van der Waals surface area contributed by atoms with Crippen LogP contribution >= 0.6 is 0 Å². The molecule has 0 bridgehead atoms. The van der Waals surface area contributed by atoms with Crippen molar-refractivity contribution in [3.05, 3.63) is 35.4 Å². The number of aliphatic hydroxyl groups excluding tert-OH is 1. The van der Waals surface area contributed by atoms with Gasteiger partial charge in [-0.2, -0.15) is 0 Å². The molecule has 0 aromatic heterocycles. The zero-order valence-corrected chi connectivity index (χ0v) is 10.6. The molecule has 2 rings (SSSR count). The summed E-state index contributed by atoms with van der Waals surface area (Å²) in [6.07, 6.45) is 1.51. The summed E-state index contributed by atoms with van der Waals surface area (Å²) in [6.45, 7) is 1.36. The van der Waals surface area contributed by atoms with E-state index < -0.39 is 11.6 Å². The molecule has 1 atom stereocenters. The minimum Gasteiger partial charge on any atom is -0.396 e. The quantitative estimate of drug-likeness (QED) is 0.904. The normalized spacial score (nSPS) is 18.9. The molecule has 1 heterocycles. The highest BCUT2D eigenvalue weighted by Gasteiger charge is 2.25. The minimum absolute atomic E-state index is 0.000633. The lowest BCUT2D eigenvalue weighted by atomic mass is 10.1. The third kappa shape index (κ3) is 3.50. The smallest absolute Gasteiger partial charge is 0.222 e. The van der Waals surface area contributed by atoms with Gasteiger partial charge in [0, 0.05) is 32.0 Å². The second kappa shape index (κ2) is 6.10. The maximum absolute atomic E-state index is 13.0. The number of rotatable bonds is 4. The molecule has 1 amide bonds. The Bertz CT molecular complexity index is 465. The molecule has 1 aromatic rings. The van der Waals surface area contributed by atoms with Crippen LogP contribution in [-0.4, -0.2) is 35.6 Å². The molecule has 3 nitrogen and oxygen atoms in total. The summed E-state index contributed by atoms with van der Waals surface area (Å²) in [5.41, 5.74) is 0.616. The highest BCUT2D eigenvalue weighted by Crippen LogP contribution is 2.17. The van der Waals surface area contributed by atoms with Crippen LogP contribution in [0.2, 0.25) is 0 Å². The van der Waals surface area contributed by atoms with Gasteiger partial charge in [-0.3, -0.25) is 4.79 Å². The van der Waals surface area contributed by atoms with E-state index in [1.807, 2.05) is 0 Å². The largest absolute Gasteiger partial charge is 0.396 e. The van der Waals surface area contributed by atoms with Gasteiger partial charge in [-0.1, -0.05) is 6.07 Å². The van der Waals surface area contributed by atoms with Crippen LogP contribution in [0.5, 0.6) is 0 Å². The Balaban J connectivity index is 1.85. The number of benzene rings is 1. The van der Waals surface area contributed by atoms with Crippen LogP contribution in [0, 0.1) is 17.6 Å². The van der Waals surface area contributed by atoms with Crippen molar-refractivity contribution in [1.82, 2.24) is 4.90 Å². The van der Waals surface area contributed by atoms with Crippen LogP contribution in [0.3, 0.4) is 0 Å². The molecule has 1 aliphatic heterocycles. The topological polar surface area (TPSA) is 40.5 Å². The van der Waals surface area contributed by atoms with Crippen molar-refractivity contribution in [3.8, 4) is 0 Å².